The summed E-state index contributed by atoms with van der Waals surface area (Å²) in [5, 5.41) is 12.8. The van der Waals surface area contributed by atoms with Crippen molar-refractivity contribution in [3.8, 4) is 0 Å². The van der Waals surface area contributed by atoms with Gasteiger partial charge in [-0.15, -0.1) is 0 Å². The monoisotopic (exact) mass is 201 g/mol. The van der Waals surface area contributed by atoms with Crippen molar-refractivity contribution in [1.29, 1.82) is 0 Å². The summed E-state index contributed by atoms with van der Waals surface area (Å²) in [5.41, 5.74) is 0. The smallest absolute Gasteiger partial charge is 0.0897 e. The molecule has 2 unspecified atom stereocenters. The highest BCUT2D eigenvalue weighted by Gasteiger charge is 2.22. The Morgan fingerprint density at radius 1 is 1.43 bits per heavy atom. The summed E-state index contributed by atoms with van der Waals surface area (Å²) in [4.78, 5) is 0. The molecular formula is C10H19NO3. The van der Waals surface area contributed by atoms with Crippen molar-refractivity contribution in [3.63, 3.8) is 0 Å². The second-order valence-electron chi connectivity index (χ2n) is 4.16. The molecule has 1 saturated heterocycles. The summed E-state index contributed by atoms with van der Waals surface area (Å²) < 4.78 is 10.7. The Bertz CT molecular complexity index is 167. The molecule has 1 aliphatic carbocycles. The Hall–Kier alpha value is -0.160. The largest absolute Gasteiger partial charge is 0.389 e. The second kappa shape index (κ2) is 5.07. The Kier molecular flexibility index (Phi) is 3.75. The molecule has 1 heterocycles. The van der Waals surface area contributed by atoms with E-state index < -0.39 is 0 Å². The first-order chi connectivity index (χ1) is 6.84. The maximum Gasteiger partial charge on any atom is 0.0897 e. The van der Waals surface area contributed by atoms with E-state index in [1.165, 1.54) is 12.8 Å². The van der Waals surface area contributed by atoms with Crippen LogP contribution in [0.5, 0.6) is 0 Å². The number of hydrogen-bond acceptors (Lipinski definition) is 4. The molecule has 2 fully saturated rings. The van der Waals surface area contributed by atoms with Gasteiger partial charge in [0.25, 0.3) is 0 Å². The van der Waals surface area contributed by atoms with E-state index in [9.17, 15) is 5.11 Å². The minimum Gasteiger partial charge on any atom is -0.389 e. The summed E-state index contributed by atoms with van der Waals surface area (Å²) >= 11 is 0. The molecule has 4 nitrogen and oxygen atoms in total. The lowest BCUT2D eigenvalue weighted by molar-refractivity contribution is -0.0116. The van der Waals surface area contributed by atoms with E-state index >= 15 is 0 Å². The molecule has 2 aliphatic rings. The van der Waals surface area contributed by atoms with Gasteiger partial charge in [0.05, 0.1) is 25.4 Å². The van der Waals surface area contributed by atoms with E-state index in [1.54, 1.807) is 0 Å². The van der Waals surface area contributed by atoms with Gasteiger partial charge in [0, 0.05) is 19.2 Å². The van der Waals surface area contributed by atoms with Gasteiger partial charge in [-0.3, -0.25) is 0 Å². The number of aliphatic hydroxyl groups is 1. The molecule has 1 saturated carbocycles. The maximum atomic E-state index is 9.56. The van der Waals surface area contributed by atoms with Crippen LogP contribution < -0.4 is 5.32 Å². The lowest BCUT2D eigenvalue weighted by Gasteiger charge is -2.14. The first-order valence-electron chi connectivity index (χ1n) is 5.45. The molecule has 0 amide bonds. The van der Waals surface area contributed by atoms with Crippen molar-refractivity contribution in [2.45, 2.75) is 37.5 Å². The van der Waals surface area contributed by atoms with Crippen molar-refractivity contribution in [2.75, 3.05) is 26.4 Å². The Balaban J connectivity index is 1.50. The molecule has 0 radical (unpaired) electrons. The first-order valence-corrected chi connectivity index (χ1v) is 5.45. The molecule has 0 aromatic carbocycles. The van der Waals surface area contributed by atoms with Crippen LogP contribution in [0.25, 0.3) is 0 Å². The summed E-state index contributed by atoms with van der Waals surface area (Å²) in [5.74, 6) is 0. The lowest BCUT2D eigenvalue weighted by atomic mass is 10.3. The molecule has 2 atom stereocenters. The molecule has 0 aromatic heterocycles. The van der Waals surface area contributed by atoms with Gasteiger partial charge >= 0.3 is 0 Å². The van der Waals surface area contributed by atoms with E-state index in [2.05, 4.69) is 5.32 Å². The zero-order valence-corrected chi connectivity index (χ0v) is 8.45. The van der Waals surface area contributed by atoms with Gasteiger partial charge < -0.3 is 19.9 Å². The SMILES string of the molecule is OC(CNC1CC1)COC1CCOC1. The fraction of sp³-hybridized carbons (Fsp3) is 1.00. The van der Waals surface area contributed by atoms with Gasteiger partial charge in [-0.05, 0) is 19.3 Å². The number of rotatable bonds is 6. The molecule has 14 heavy (non-hydrogen) atoms. The van der Waals surface area contributed by atoms with Crippen LogP contribution in [0.2, 0.25) is 0 Å². The average Bonchev–Trinajstić information content (AvgIpc) is 2.87. The second-order valence-corrected chi connectivity index (χ2v) is 4.16. The summed E-state index contributed by atoms with van der Waals surface area (Å²) in [6, 6.07) is 0.652. The van der Waals surface area contributed by atoms with Crippen LogP contribution in [0, 0.1) is 0 Å². The molecule has 0 spiro atoms. The Morgan fingerprint density at radius 2 is 2.29 bits per heavy atom. The predicted molar refractivity (Wildman–Crippen MR) is 52.2 cm³/mol. The number of aliphatic hydroxyl groups excluding tert-OH is 1. The fourth-order valence-electron chi connectivity index (χ4n) is 1.54. The quantitative estimate of drug-likeness (QED) is 0.630. The molecule has 4 heteroatoms. The third-order valence-electron chi connectivity index (χ3n) is 2.63. The number of ether oxygens (including phenoxy) is 2. The van der Waals surface area contributed by atoms with Gasteiger partial charge in [-0.1, -0.05) is 0 Å². The van der Waals surface area contributed by atoms with Crippen molar-refractivity contribution < 1.29 is 14.6 Å². The average molecular weight is 201 g/mol. The highest BCUT2D eigenvalue weighted by atomic mass is 16.5. The van der Waals surface area contributed by atoms with E-state index in [0.29, 0.717) is 25.8 Å². The molecule has 82 valence electrons. The highest BCUT2D eigenvalue weighted by Crippen LogP contribution is 2.18. The minimum atomic E-state index is -0.379. The predicted octanol–water partition coefficient (Wildman–Crippen LogP) is -0.0952. The minimum absolute atomic E-state index is 0.200. The number of hydrogen-bond donors (Lipinski definition) is 2. The van der Waals surface area contributed by atoms with Crippen LogP contribution in [0.4, 0.5) is 0 Å². The third kappa shape index (κ3) is 3.53. The number of nitrogens with one attached hydrogen (secondary N) is 1. The fourth-order valence-corrected chi connectivity index (χ4v) is 1.54. The lowest BCUT2D eigenvalue weighted by Crippen LogP contribution is -2.33. The van der Waals surface area contributed by atoms with E-state index in [4.69, 9.17) is 9.47 Å². The Morgan fingerprint density at radius 3 is 2.93 bits per heavy atom. The summed E-state index contributed by atoms with van der Waals surface area (Å²) in [6.45, 7) is 2.55. The molecule has 0 bridgehead atoms. The van der Waals surface area contributed by atoms with Gasteiger partial charge in [0.15, 0.2) is 0 Å². The zero-order chi connectivity index (χ0) is 9.80. The zero-order valence-electron chi connectivity index (χ0n) is 8.45. The summed E-state index contributed by atoms with van der Waals surface area (Å²) in [6.07, 6.45) is 3.29. The van der Waals surface area contributed by atoms with Crippen LogP contribution in [0.3, 0.4) is 0 Å². The van der Waals surface area contributed by atoms with Gasteiger partial charge in [-0.25, -0.2) is 0 Å². The molecule has 2 N–H and O–H groups in total. The summed E-state index contributed by atoms with van der Waals surface area (Å²) in [7, 11) is 0. The van der Waals surface area contributed by atoms with Gasteiger partial charge in [-0.2, -0.15) is 0 Å². The maximum absolute atomic E-state index is 9.56. The van der Waals surface area contributed by atoms with Gasteiger partial charge in [0.1, 0.15) is 0 Å². The van der Waals surface area contributed by atoms with Gasteiger partial charge in [0.2, 0.25) is 0 Å². The molecule has 1 aliphatic heterocycles. The molecule has 2 rings (SSSR count). The van der Waals surface area contributed by atoms with Crippen molar-refractivity contribution in [1.82, 2.24) is 5.32 Å². The van der Waals surface area contributed by atoms with Crippen LogP contribution in [-0.4, -0.2) is 49.7 Å². The third-order valence-corrected chi connectivity index (χ3v) is 2.63. The van der Waals surface area contributed by atoms with E-state index in [0.717, 1.165) is 13.0 Å². The van der Waals surface area contributed by atoms with Crippen molar-refractivity contribution >= 4 is 0 Å². The van der Waals surface area contributed by atoms with E-state index in [-0.39, 0.29) is 12.2 Å². The van der Waals surface area contributed by atoms with E-state index in [1.807, 2.05) is 0 Å². The van der Waals surface area contributed by atoms with Crippen LogP contribution in [0.1, 0.15) is 19.3 Å². The standard InChI is InChI=1S/C10H19NO3/c12-9(5-11-8-1-2-8)6-14-10-3-4-13-7-10/h8-12H,1-7H2. The molecular weight excluding hydrogens is 182 g/mol. The van der Waals surface area contributed by atoms with Crippen LogP contribution in [0.15, 0.2) is 0 Å². The van der Waals surface area contributed by atoms with Crippen LogP contribution in [-0.2, 0) is 9.47 Å². The van der Waals surface area contributed by atoms with Crippen LogP contribution >= 0.6 is 0 Å². The molecule has 0 aromatic rings. The van der Waals surface area contributed by atoms with Crippen molar-refractivity contribution in [2.24, 2.45) is 0 Å². The highest BCUT2D eigenvalue weighted by molar-refractivity contribution is 4.81. The van der Waals surface area contributed by atoms with Crippen molar-refractivity contribution in [3.05, 3.63) is 0 Å². The Labute approximate surface area is 84.6 Å². The topological polar surface area (TPSA) is 50.7 Å². The first kappa shape index (κ1) is 10.4. The normalized spacial score (nSPS) is 29.4.